The van der Waals surface area contributed by atoms with Gasteiger partial charge in [-0.3, -0.25) is 4.79 Å². The summed E-state index contributed by atoms with van der Waals surface area (Å²) in [5, 5.41) is 14.6. The number of hydrogen-bond acceptors (Lipinski definition) is 3. The quantitative estimate of drug-likeness (QED) is 0.338. The van der Waals surface area contributed by atoms with E-state index in [2.05, 4.69) is 10.5 Å². The van der Waals surface area contributed by atoms with Crippen molar-refractivity contribution in [3.8, 4) is 0 Å². The second-order valence-electron chi connectivity index (χ2n) is 4.38. The molecule has 1 aliphatic rings. The Hall–Kier alpha value is -1.75. The molecule has 0 unspecified atom stereocenters. The van der Waals surface area contributed by atoms with Crippen LogP contribution in [0.1, 0.15) is 24.8 Å². The molecule has 1 amide bonds. The van der Waals surface area contributed by atoms with Gasteiger partial charge in [0.25, 0.3) is 0 Å². The fourth-order valence-electron chi connectivity index (χ4n) is 1.62. The molecule has 0 aromatic heterocycles. The maximum Gasteiger partial charge on any atom is 0.224 e. The number of rotatable bonds is 4. The van der Waals surface area contributed by atoms with Gasteiger partial charge in [-0.05, 0) is 37.0 Å². The lowest BCUT2D eigenvalue weighted by Gasteiger charge is -2.08. The molecule has 0 radical (unpaired) electrons. The molecule has 1 saturated carbocycles. The molecule has 0 spiro atoms. The van der Waals surface area contributed by atoms with Crippen LogP contribution in [0.5, 0.6) is 0 Å². The number of amidine groups is 1. The predicted octanol–water partition coefficient (Wildman–Crippen LogP) is 2.17. The molecule has 1 aromatic carbocycles. The minimum absolute atomic E-state index is 0.0206. The highest BCUT2D eigenvalue weighted by atomic mass is 35.5. The van der Waals surface area contributed by atoms with Crippen LogP contribution >= 0.6 is 11.6 Å². The van der Waals surface area contributed by atoms with E-state index in [-0.39, 0.29) is 11.7 Å². The van der Waals surface area contributed by atoms with Crippen molar-refractivity contribution in [1.29, 1.82) is 0 Å². The van der Waals surface area contributed by atoms with E-state index in [1.165, 1.54) is 0 Å². The van der Waals surface area contributed by atoms with Gasteiger partial charge in [-0.1, -0.05) is 16.8 Å². The molecule has 4 N–H and O–H groups in total. The Bertz CT molecular complexity index is 498. The number of amides is 1. The van der Waals surface area contributed by atoms with Crippen LogP contribution in [0, 0.1) is 5.92 Å². The summed E-state index contributed by atoms with van der Waals surface area (Å²) in [6, 6.07) is 4.82. The fourth-order valence-corrected chi connectivity index (χ4v) is 1.85. The van der Waals surface area contributed by atoms with Gasteiger partial charge in [0, 0.05) is 12.0 Å². The van der Waals surface area contributed by atoms with Gasteiger partial charge < -0.3 is 16.3 Å². The average Bonchev–Trinajstić information content (AvgIpc) is 3.14. The molecular weight excluding hydrogens is 254 g/mol. The molecule has 1 fully saturated rings. The monoisotopic (exact) mass is 267 g/mol. The van der Waals surface area contributed by atoms with Crippen LogP contribution in [0.4, 0.5) is 5.69 Å². The van der Waals surface area contributed by atoms with Gasteiger partial charge in [-0.2, -0.15) is 0 Å². The van der Waals surface area contributed by atoms with Crippen molar-refractivity contribution >= 4 is 29.0 Å². The van der Waals surface area contributed by atoms with Gasteiger partial charge in [0.15, 0.2) is 5.84 Å². The van der Waals surface area contributed by atoms with Crippen molar-refractivity contribution in [2.75, 3.05) is 5.32 Å². The van der Waals surface area contributed by atoms with Crippen molar-refractivity contribution in [1.82, 2.24) is 0 Å². The third-order valence-corrected chi connectivity index (χ3v) is 3.13. The molecule has 96 valence electrons. The van der Waals surface area contributed by atoms with Gasteiger partial charge >= 0.3 is 0 Å². The molecule has 1 aliphatic carbocycles. The normalized spacial score (nSPS) is 15.5. The number of carbonyl (C=O) groups excluding carboxylic acids is 1. The predicted molar refractivity (Wildman–Crippen MR) is 69.9 cm³/mol. The number of benzene rings is 1. The van der Waals surface area contributed by atoms with Crippen molar-refractivity contribution in [3.05, 3.63) is 28.8 Å². The van der Waals surface area contributed by atoms with E-state index in [9.17, 15) is 4.79 Å². The number of halogens is 1. The highest BCUT2D eigenvalue weighted by Crippen LogP contribution is 2.33. The highest BCUT2D eigenvalue weighted by Gasteiger charge is 2.24. The van der Waals surface area contributed by atoms with E-state index in [4.69, 9.17) is 22.5 Å². The Morgan fingerprint density at radius 3 is 2.83 bits per heavy atom. The first-order chi connectivity index (χ1) is 8.60. The number of hydrogen-bond donors (Lipinski definition) is 3. The van der Waals surface area contributed by atoms with E-state index >= 15 is 0 Å². The van der Waals surface area contributed by atoms with E-state index in [1.54, 1.807) is 18.2 Å². The SMILES string of the molecule is N/C(=N/O)c1ccc(NC(=O)CC2CC2)c(Cl)c1. The largest absolute Gasteiger partial charge is 0.409 e. The van der Waals surface area contributed by atoms with Gasteiger partial charge in [-0.25, -0.2) is 0 Å². The van der Waals surface area contributed by atoms with Gasteiger partial charge in [0.1, 0.15) is 0 Å². The van der Waals surface area contributed by atoms with Crippen molar-refractivity contribution < 1.29 is 10.0 Å². The summed E-state index contributed by atoms with van der Waals surface area (Å²) in [7, 11) is 0. The minimum Gasteiger partial charge on any atom is -0.409 e. The number of anilines is 1. The first-order valence-corrected chi connectivity index (χ1v) is 6.05. The van der Waals surface area contributed by atoms with Gasteiger partial charge in [0.2, 0.25) is 5.91 Å². The topological polar surface area (TPSA) is 87.7 Å². The molecule has 0 bridgehead atoms. The number of nitrogens with one attached hydrogen (secondary N) is 1. The molecule has 1 aromatic rings. The lowest BCUT2D eigenvalue weighted by molar-refractivity contribution is -0.116. The highest BCUT2D eigenvalue weighted by molar-refractivity contribution is 6.34. The molecule has 6 heteroatoms. The van der Waals surface area contributed by atoms with Crippen LogP contribution in [0.2, 0.25) is 5.02 Å². The van der Waals surface area contributed by atoms with E-state index in [0.717, 1.165) is 12.8 Å². The first kappa shape index (κ1) is 12.7. The lowest BCUT2D eigenvalue weighted by atomic mass is 10.2. The second-order valence-corrected chi connectivity index (χ2v) is 4.78. The van der Waals surface area contributed by atoms with Crippen LogP contribution in [-0.2, 0) is 4.79 Å². The third kappa shape index (κ3) is 3.13. The first-order valence-electron chi connectivity index (χ1n) is 5.67. The Labute approximate surface area is 110 Å². The molecular formula is C12H14ClN3O2. The summed E-state index contributed by atoms with van der Waals surface area (Å²) in [6.07, 6.45) is 2.80. The Morgan fingerprint density at radius 2 is 2.28 bits per heavy atom. The standard InChI is InChI=1S/C12H14ClN3O2/c13-9-6-8(12(14)16-18)3-4-10(9)15-11(17)5-7-1-2-7/h3-4,6-7,18H,1-2,5H2,(H2,14,16)(H,15,17). The zero-order valence-corrected chi connectivity index (χ0v) is 10.4. The fraction of sp³-hybridized carbons (Fsp3) is 0.333. The molecule has 5 nitrogen and oxygen atoms in total. The van der Waals surface area contributed by atoms with Crippen LogP contribution < -0.4 is 11.1 Å². The van der Waals surface area contributed by atoms with Crippen LogP contribution in [0.3, 0.4) is 0 Å². The Balaban J connectivity index is 2.06. The summed E-state index contributed by atoms with van der Waals surface area (Å²) in [5.74, 6) is 0.476. The van der Waals surface area contributed by atoms with Crippen molar-refractivity contribution in [2.45, 2.75) is 19.3 Å². The van der Waals surface area contributed by atoms with Crippen LogP contribution in [0.25, 0.3) is 0 Å². The van der Waals surface area contributed by atoms with E-state index < -0.39 is 0 Å². The van der Waals surface area contributed by atoms with Crippen molar-refractivity contribution in [3.63, 3.8) is 0 Å². The maximum atomic E-state index is 11.6. The second kappa shape index (κ2) is 5.27. The van der Waals surface area contributed by atoms with Gasteiger partial charge in [-0.15, -0.1) is 0 Å². The van der Waals surface area contributed by atoms with E-state index in [1.807, 2.05) is 0 Å². The molecule has 0 aliphatic heterocycles. The lowest BCUT2D eigenvalue weighted by Crippen LogP contribution is -2.15. The molecule has 2 rings (SSSR count). The Kier molecular flexibility index (Phi) is 3.72. The maximum absolute atomic E-state index is 11.6. The van der Waals surface area contributed by atoms with E-state index in [0.29, 0.717) is 28.6 Å². The Morgan fingerprint density at radius 1 is 1.56 bits per heavy atom. The molecule has 18 heavy (non-hydrogen) atoms. The number of oxime groups is 1. The molecule has 0 atom stereocenters. The molecule has 0 heterocycles. The summed E-state index contributed by atoms with van der Waals surface area (Å²) >= 11 is 6.02. The summed E-state index contributed by atoms with van der Waals surface area (Å²) in [6.45, 7) is 0. The minimum atomic E-state index is -0.0315. The van der Waals surface area contributed by atoms with Crippen LogP contribution in [-0.4, -0.2) is 17.0 Å². The van der Waals surface area contributed by atoms with Gasteiger partial charge in [0.05, 0.1) is 10.7 Å². The zero-order chi connectivity index (χ0) is 13.1. The molecule has 0 saturated heterocycles. The average molecular weight is 268 g/mol. The zero-order valence-electron chi connectivity index (χ0n) is 9.69. The number of nitrogens with zero attached hydrogens (tertiary/aromatic N) is 1. The number of carbonyl (C=O) groups is 1. The summed E-state index contributed by atoms with van der Waals surface area (Å²) in [4.78, 5) is 11.6. The number of nitrogens with two attached hydrogens (primary N) is 1. The smallest absolute Gasteiger partial charge is 0.224 e. The summed E-state index contributed by atoms with van der Waals surface area (Å²) in [5.41, 5.74) is 6.48. The van der Waals surface area contributed by atoms with Crippen molar-refractivity contribution in [2.24, 2.45) is 16.8 Å². The third-order valence-electron chi connectivity index (χ3n) is 2.82. The summed E-state index contributed by atoms with van der Waals surface area (Å²) < 4.78 is 0. The van der Waals surface area contributed by atoms with Crippen LogP contribution in [0.15, 0.2) is 23.4 Å².